The highest BCUT2D eigenvalue weighted by atomic mass is 35.5. The molecule has 0 bridgehead atoms. The summed E-state index contributed by atoms with van der Waals surface area (Å²) in [4.78, 5) is 15.6. The summed E-state index contributed by atoms with van der Waals surface area (Å²) in [5.41, 5.74) is 0. The predicted octanol–water partition coefficient (Wildman–Crippen LogP) is 3.44. The molecule has 1 saturated heterocycles. The van der Waals surface area contributed by atoms with Gasteiger partial charge in [-0.3, -0.25) is 4.79 Å². The number of rotatable bonds is 5. The lowest BCUT2D eigenvalue weighted by Crippen LogP contribution is -2.43. The van der Waals surface area contributed by atoms with Gasteiger partial charge in [-0.25, -0.2) is 0 Å². The second kappa shape index (κ2) is 8.06. The van der Waals surface area contributed by atoms with Crippen molar-refractivity contribution < 1.29 is 9.90 Å². The van der Waals surface area contributed by atoms with Crippen LogP contribution in [0.15, 0.2) is 29.2 Å². The molecule has 21 heavy (non-hydrogen) atoms. The quantitative estimate of drug-likeness (QED) is 0.842. The lowest BCUT2D eigenvalue weighted by molar-refractivity contribution is -0.132. The van der Waals surface area contributed by atoms with Crippen LogP contribution in [0.5, 0.6) is 0 Å². The molecule has 0 saturated carbocycles. The summed E-state index contributed by atoms with van der Waals surface area (Å²) < 4.78 is 0. The maximum Gasteiger partial charge on any atom is 0.235 e. The highest BCUT2D eigenvalue weighted by Gasteiger charge is 2.26. The minimum atomic E-state index is -0.0981. The largest absolute Gasteiger partial charge is 0.396 e. The molecule has 1 fully saturated rings. The number of aliphatic hydroxyl groups is 1. The summed E-state index contributed by atoms with van der Waals surface area (Å²) >= 11 is 7.44. The van der Waals surface area contributed by atoms with Gasteiger partial charge in [-0.1, -0.05) is 11.6 Å². The molecule has 1 aromatic rings. The standard InChI is InChI=1S/C16H22ClNO2S/c1-12(21-15-6-4-14(17)5-7-15)16(20)18-9-2-3-13(11-18)8-10-19/h4-7,12-13,19H,2-3,8-11H2,1H3. The first-order valence-corrected chi connectivity index (χ1v) is 8.67. The van der Waals surface area contributed by atoms with Crippen molar-refractivity contribution in [3.05, 3.63) is 29.3 Å². The van der Waals surface area contributed by atoms with Crippen molar-refractivity contribution in [3.8, 4) is 0 Å². The Hall–Kier alpha value is -0.710. The first-order chi connectivity index (χ1) is 10.1. The summed E-state index contributed by atoms with van der Waals surface area (Å²) in [7, 11) is 0. The molecule has 5 heteroatoms. The number of likely N-dealkylation sites (tertiary alicyclic amines) is 1. The molecule has 0 spiro atoms. The van der Waals surface area contributed by atoms with Gasteiger partial charge in [0.25, 0.3) is 0 Å². The van der Waals surface area contributed by atoms with Gasteiger partial charge < -0.3 is 10.0 Å². The zero-order chi connectivity index (χ0) is 15.2. The first kappa shape index (κ1) is 16.7. The second-order valence-electron chi connectivity index (χ2n) is 5.52. The predicted molar refractivity (Wildman–Crippen MR) is 87.8 cm³/mol. The maximum atomic E-state index is 12.5. The fourth-order valence-electron chi connectivity index (χ4n) is 2.71. The van der Waals surface area contributed by atoms with Gasteiger partial charge in [-0.2, -0.15) is 0 Å². The molecule has 1 heterocycles. The lowest BCUT2D eigenvalue weighted by Gasteiger charge is -2.34. The van der Waals surface area contributed by atoms with Gasteiger partial charge in [0.15, 0.2) is 0 Å². The number of amides is 1. The van der Waals surface area contributed by atoms with Crippen LogP contribution in [-0.4, -0.2) is 40.9 Å². The Balaban J connectivity index is 1.90. The third-order valence-corrected chi connectivity index (χ3v) is 5.19. The number of carbonyl (C=O) groups excluding carboxylic acids is 1. The van der Waals surface area contributed by atoms with Crippen LogP contribution in [-0.2, 0) is 4.79 Å². The molecule has 2 rings (SSSR count). The van der Waals surface area contributed by atoms with E-state index in [2.05, 4.69) is 0 Å². The fraction of sp³-hybridized carbons (Fsp3) is 0.562. The molecule has 116 valence electrons. The van der Waals surface area contributed by atoms with E-state index in [-0.39, 0.29) is 17.8 Å². The van der Waals surface area contributed by atoms with Gasteiger partial charge in [-0.05, 0) is 56.4 Å². The Morgan fingerprint density at radius 2 is 2.19 bits per heavy atom. The van der Waals surface area contributed by atoms with E-state index in [1.807, 2.05) is 36.1 Å². The molecule has 0 radical (unpaired) electrons. The van der Waals surface area contributed by atoms with E-state index in [0.717, 1.165) is 37.2 Å². The number of nitrogens with zero attached hydrogens (tertiary/aromatic N) is 1. The van der Waals surface area contributed by atoms with E-state index in [1.54, 1.807) is 11.8 Å². The van der Waals surface area contributed by atoms with Gasteiger partial charge in [0.2, 0.25) is 5.91 Å². The molecule has 1 amide bonds. The van der Waals surface area contributed by atoms with Crippen LogP contribution in [0.25, 0.3) is 0 Å². The zero-order valence-corrected chi connectivity index (χ0v) is 13.9. The lowest BCUT2D eigenvalue weighted by atomic mass is 9.95. The van der Waals surface area contributed by atoms with Gasteiger partial charge in [0.05, 0.1) is 5.25 Å². The third kappa shape index (κ3) is 4.90. The highest BCUT2D eigenvalue weighted by molar-refractivity contribution is 8.00. The number of halogens is 1. The summed E-state index contributed by atoms with van der Waals surface area (Å²) in [5, 5.41) is 9.66. The van der Waals surface area contributed by atoms with E-state index in [1.165, 1.54) is 0 Å². The van der Waals surface area contributed by atoms with Crippen molar-refractivity contribution in [1.82, 2.24) is 4.90 Å². The van der Waals surface area contributed by atoms with Crippen LogP contribution >= 0.6 is 23.4 Å². The average Bonchev–Trinajstić information content (AvgIpc) is 2.49. The molecule has 1 aliphatic rings. The molecule has 0 aliphatic carbocycles. The minimum Gasteiger partial charge on any atom is -0.396 e. The molecule has 0 aromatic heterocycles. The molecule has 1 N–H and O–H groups in total. The Kier molecular flexibility index (Phi) is 6.40. The zero-order valence-electron chi connectivity index (χ0n) is 12.3. The summed E-state index contributed by atoms with van der Waals surface area (Å²) in [6.07, 6.45) is 2.94. The van der Waals surface area contributed by atoms with Crippen molar-refractivity contribution in [2.75, 3.05) is 19.7 Å². The molecule has 3 nitrogen and oxygen atoms in total. The Morgan fingerprint density at radius 1 is 1.48 bits per heavy atom. The number of hydrogen-bond acceptors (Lipinski definition) is 3. The monoisotopic (exact) mass is 327 g/mol. The Bertz CT molecular complexity index is 464. The van der Waals surface area contributed by atoms with Crippen LogP contribution in [0, 0.1) is 5.92 Å². The summed E-state index contributed by atoms with van der Waals surface area (Å²) in [6, 6.07) is 7.58. The first-order valence-electron chi connectivity index (χ1n) is 7.42. The van der Waals surface area contributed by atoms with Gasteiger partial charge >= 0.3 is 0 Å². The summed E-state index contributed by atoms with van der Waals surface area (Å²) in [5.74, 6) is 0.637. The molecule has 2 unspecified atom stereocenters. The number of benzene rings is 1. The molecule has 1 aliphatic heterocycles. The maximum absolute atomic E-state index is 12.5. The van der Waals surface area contributed by atoms with Crippen LogP contribution in [0.1, 0.15) is 26.2 Å². The van der Waals surface area contributed by atoms with Crippen LogP contribution in [0.3, 0.4) is 0 Å². The van der Waals surface area contributed by atoms with Crippen LogP contribution in [0.4, 0.5) is 0 Å². The number of piperidine rings is 1. The topological polar surface area (TPSA) is 40.5 Å². The number of thioether (sulfide) groups is 1. The molecular weight excluding hydrogens is 306 g/mol. The molecular formula is C16H22ClNO2S. The minimum absolute atomic E-state index is 0.0981. The second-order valence-corrected chi connectivity index (χ2v) is 7.37. The van der Waals surface area contributed by atoms with Gasteiger partial charge in [-0.15, -0.1) is 11.8 Å². The molecule has 1 aromatic carbocycles. The van der Waals surface area contributed by atoms with E-state index >= 15 is 0 Å². The van der Waals surface area contributed by atoms with Crippen molar-refractivity contribution in [1.29, 1.82) is 0 Å². The molecule has 2 atom stereocenters. The average molecular weight is 328 g/mol. The Morgan fingerprint density at radius 3 is 2.86 bits per heavy atom. The van der Waals surface area contributed by atoms with E-state index in [0.29, 0.717) is 10.9 Å². The fourth-order valence-corrected chi connectivity index (χ4v) is 3.79. The normalized spacial score (nSPS) is 20.3. The van der Waals surface area contributed by atoms with E-state index in [9.17, 15) is 4.79 Å². The van der Waals surface area contributed by atoms with Crippen LogP contribution < -0.4 is 0 Å². The SMILES string of the molecule is CC(Sc1ccc(Cl)cc1)C(=O)N1CCCC(CCO)C1. The number of aliphatic hydroxyl groups excluding tert-OH is 1. The van der Waals surface area contributed by atoms with Crippen LogP contribution in [0.2, 0.25) is 5.02 Å². The van der Waals surface area contributed by atoms with Gasteiger partial charge in [0, 0.05) is 29.6 Å². The smallest absolute Gasteiger partial charge is 0.235 e. The van der Waals surface area contributed by atoms with Crippen molar-refractivity contribution in [3.63, 3.8) is 0 Å². The van der Waals surface area contributed by atoms with Crippen molar-refractivity contribution >= 4 is 29.3 Å². The highest BCUT2D eigenvalue weighted by Crippen LogP contribution is 2.27. The van der Waals surface area contributed by atoms with Crippen molar-refractivity contribution in [2.24, 2.45) is 5.92 Å². The van der Waals surface area contributed by atoms with Gasteiger partial charge in [0.1, 0.15) is 0 Å². The number of carbonyl (C=O) groups is 1. The van der Waals surface area contributed by atoms with E-state index in [4.69, 9.17) is 16.7 Å². The van der Waals surface area contributed by atoms with Crippen molar-refractivity contribution in [2.45, 2.75) is 36.3 Å². The Labute approximate surface area is 135 Å². The number of hydrogen-bond donors (Lipinski definition) is 1. The summed E-state index contributed by atoms with van der Waals surface area (Å²) in [6.45, 7) is 3.79. The third-order valence-electron chi connectivity index (χ3n) is 3.84. The van der Waals surface area contributed by atoms with E-state index < -0.39 is 0 Å².